The first-order valence-corrected chi connectivity index (χ1v) is 12.7. The molecule has 0 saturated carbocycles. The van der Waals surface area contributed by atoms with E-state index in [2.05, 4.69) is 5.32 Å². The van der Waals surface area contributed by atoms with E-state index in [4.69, 9.17) is 9.47 Å². The third kappa shape index (κ3) is 5.40. The zero-order valence-corrected chi connectivity index (χ0v) is 19.9. The van der Waals surface area contributed by atoms with E-state index in [0.717, 1.165) is 12.0 Å². The van der Waals surface area contributed by atoms with Crippen molar-refractivity contribution in [3.05, 3.63) is 54.1 Å². The minimum absolute atomic E-state index is 0.0123. The summed E-state index contributed by atoms with van der Waals surface area (Å²) in [6.45, 7) is 2.06. The number of carbonyl (C=O) groups excluding carboxylic acids is 2. The lowest BCUT2D eigenvalue weighted by atomic mass is 10.1. The molecular weight excluding hydrogens is 458 g/mol. The molecule has 2 fully saturated rings. The van der Waals surface area contributed by atoms with Crippen LogP contribution in [0.5, 0.6) is 5.75 Å². The van der Waals surface area contributed by atoms with Gasteiger partial charge in [-0.1, -0.05) is 30.3 Å². The molecule has 2 aromatic rings. The molecule has 1 atom stereocenters. The van der Waals surface area contributed by atoms with Crippen LogP contribution in [-0.2, 0) is 30.8 Å². The van der Waals surface area contributed by atoms with Gasteiger partial charge in [0.15, 0.2) is 0 Å². The number of sulfonamides is 1. The maximum atomic E-state index is 13.2. The lowest BCUT2D eigenvalue weighted by Gasteiger charge is -2.27. The van der Waals surface area contributed by atoms with Gasteiger partial charge < -0.3 is 19.7 Å². The van der Waals surface area contributed by atoms with Crippen LogP contribution in [0.1, 0.15) is 12.0 Å². The fourth-order valence-electron chi connectivity index (χ4n) is 4.20. The monoisotopic (exact) mass is 487 g/mol. The summed E-state index contributed by atoms with van der Waals surface area (Å²) >= 11 is 0. The number of carbonyl (C=O) groups is 2. The van der Waals surface area contributed by atoms with Crippen LogP contribution in [0.2, 0.25) is 0 Å². The maximum absolute atomic E-state index is 13.2. The van der Waals surface area contributed by atoms with Crippen molar-refractivity contribution in [3.8, 4) is 5.75 Å². The lowest BCUT2D eigenvalue weighted by Crippen LogP contribution is -2.40. The van der Waals surface area contributed by atoms with Gasteiger partial charge in [0.1, 0.15) is 10.6 Å². The number of rotatable bonds is 8. The highest BCUT2D eigenvalue weighted by atomic mass is 32.2. The van der Waals surface area contributed by atoms with Gasteiger partial charge in [-0.3, -0.25) is 9.59 Å². The smallest absolute Gasteiger partial charge is 0.246 e. The van der Waals surface area contributed by atoms with Crippen LogP contribution >= 0.6 is 0 Å². The molecule has 10 heteroatoms. The van der Waals surface area contributed by atoms with Gasteiger partial charge in [0, 0.05) is 38.3 Å². The highest BCUT2D eigenvalue weighted by molar-refractivity contribution is 7.89. The number of hydrogen-bond acceptors (Lipinski definition) is 6. The Morgan fingerprint density at radius 2 is 1.88 bits per heavy atom. The number of likely N-dealkylation sites (tertiary alicyclic amines) is 1. The first-order chi connectivity index (χ1) is 16.4. The molecule has 2 heterocycles. The largest absolute Gasteiger partial charge is 0.495 e. The number of anilines is 1. The molecule has 2 saturated heterocycles. The number of morpholine rings is 1. The summed E-state index contributed by atoms with van der Waals surface area (Å²) in [4.78, 5) is 27.0. The van der Waals surface area contributed by atoms with Crippen molar-refractivity contribution in [2.75, 3.05) is 51.8 Å². The highest BCUT2D eigenvalue weighted by Gasteiger charge is 2.34. The molecular formula is C24H29N3O6S. The van der Waals surface area contributed by atoms with Crippen LogP contribution in [0.3, 0.4) is 0 Å². The molecule has 4 rings (SSSR count). The predicted octanol–water partition coefficient (Wildman–Crippen LogP) is 1.75. The van der Waals surface area contributed by atoms with E-state index in [1.54, 1.807) is 11.0 Å². The number of amides is 2. The van der Waals surface area contributed by atoms with Gasteiger partial charge in [0.2, 0.25) is 21.8 Å². The van der Waals surface area contributed by atoms with E-state index in [-0.39, 0.29) is 42.0 Å². The Labute approximate surface area is 199 Å². The molecule has 182 valence electrons. The average Bonchev–Trinajstić information content (AvgIpc) is 3.24. The Morgan fingerprint density at radius 3 is 2.59 bits per heavy atom. The molecule has 0 aliphatic carbocycles. The molecule has 0 bridgehead atoms. The van der Waals surface area contributed by atoms with Crippen molar-refractivity contribution in [2.24, 2.45) is 5.92 Å². The summed E-state index contributed by atoms with van der Waals surface area (Å²) in [6, 6.07) is 14.4. The van der Waals surface area contributed by atoms with E-state index in [0.29, 0.717) is 32.0 Å². The third-order valence-electron chi connectivity index (χ3n) is 6.12. The quantitative estimate of drug-likeness (QED) is 0.608. The van der Waals surface area contributed by atoms with Crippen LogP contribution in [0, 0.1) is 5.92 Å². The van der Waals surface area contributed by atoms with Gasteiger partial charge in [-0.05, 0) is 30.2 Å². The molecule has 2 amide bonds. The molecule has 34 heavy (non-hydrogen) atoms. The molecule has 2 aliphatic rings. The van der Waals surface area contributed by atoms with Crippen molar-refractivity contribution < 1.29 is 27.5 Å². The number of hydrogen-bond donors (Lipinski definition) is 1. The topological polar surface area (TPSA) is 105 Å². The van der Waals surface area contributed by atoms with Gasteiger partial charge in [-0.25, -0.2) is 8.42 Å². The zero-order valence-electron chi connectivity index (χ0n) is 19.1. The van der Waals surface area contributed by atoms with Crippen molar-refractivity contribution in [1.82, 2.24) is 9.21 Å². The minimum Gasteiger partial charge on any atom is -0.495 e. The molecule has 0 aromatic heterocycles. The third-order valence-corrected chi connectivity index (χ3v) is 8.04. The summed E-state index contributed by atoms with van der Waals surface area (Å²) < 4.78 is 38.2. The Bertz CT molecular complexity index is 1130. The van der Waals surface area contributed by atoms with E-state index in [1.165, 1.54) is 23.5 Å². The van der Waals surface area contributed by atoms with E-state index in [1.807, 2.05) is 30.3 Å². The van der Waals surface area contributed by atoms with Crippen molar-refractivity contribution >= 4 is 27.5 Å². The summed E-state index contributed by atoms with van der Waals surface area (Å²) in [6.07, 6.45) is 0.859. The van der Waals surface area contributed by atoms with Crippen LogP contribution < -0.4 is 10.1 Å². The van der Waals surface area contributed by atoms with Gasteiger partial charge in [-0.15, -0.1) is 0 Å². The Kier molecular flexibility index (Phi) is 7.50. The Hall–Kier alpha value is -2.95. The van der Waals surface area contributed by atoms with Crippen LogP contribution in [0.4, 0.5) is 5.69 Å². The average molecular weight is 488 g/mol. The normalized spacial score (nSPS) is 19.3. The van der Waals surface area contributed by atoms with E-state index in [9.17, 15) is 18.0 Å². The van der Waals surface area contributed by atoms with E-state index >= 15 is 0 Å². The fraction of sp³-hybridized carbons (Fsp3) is 0.417. The summed E-state index contributed by atoms with van der Waals surface area (Å²) in [5.41, 5.74) is 1.48. The molecule has 2 aromatic carbocycles. The zero-order chi connectivity index (χ0) is 24.1. The number of nitrogens with zero attached hydrogens (tertiary/aromatic N) is 2. The van der Waals surface area contributed by atoms with Crippen molar-refractivity contribution in [2.45, 2.75) is 17.7 Å². The summed E-state index contributed by atoms with van der Waals surface area (Å²) in [5, 5.41) is 2.78. The SMILES string of the molecule is COc1ccc(NC(=O)C2CC(=O)N(CCc3ccccc3)C2)cc1S(=O)(=O)N1CCOCC1. The maximum Gasteiger partial charge on any atom is 0.246 e. The van der Waals surface area contributed by atoms with Gasteiger partial charge in [0.05, 0.1) is 26.2 Å². The standard InChI is InChI=1S/C24H29N3O6S/c1-32-21-8-7-20(16-22(21)34(30,31)27-11-13-33-14-12-27)25-24(29)19-15-23(28)26(17-19)10-9-18-5-3-2-4-6-18/h2-8,16,19H,9-15,17H2,1H3,(H,25,29). The Morgan fingerprint density at radius 1 is 1.15 bits per heavy atom. The highest BCUT2D eigenvalue weighted by Crippen LogP contribution is 2.31. The number of nitrogens with one attached hydrogen (secondary N) is 1. The second-order valence-electron chi connectivity index (χ2n) is 8.35. The molecule has 2 aliphatic heterocycles. The predicted molar refractivity (Wildman–Crippen MR) is 126 cm³/mol. The van der Waals surface area contributed by atoms with E-state index < -0.39 is 15.9 Å². The second-order valence-corrected chi connectivity index (χ2v) is 10.3. The molecule has 1 N–H and O–H groups in total. The van der Waals surface area contributed by atoms with Gasteiger partial charge in [0.25, 0.3) is 0 Å². The molecule has 0 radical (unpaired) electrons. The van der Waals surface area contributed by atoms with Crippen LogP contribution in [-0.4, -0.2) is 75.9 Å². The van der Waals surface area contributed by atoms with Crippen molar-refractivity contribution in [1.29, 1.82) is 0 Å². The fourth-order valence-corrected chi connectivity index (χ4v) is 5.79. The minimum atomic E-state index is -3.82. The summed E-state index contributed by atoms with van der Waals surface area (Å²) in [5.74, 6) is -0.658. The first-order valence-electron chi connectivity index (χ1n) is 11.3. The lowest BCUT2D eigenvalue weighted by molar-refractivity contribution is -0.128. The van der Waals surface area contributed by atoms with Crippen molar-refractivity contribution in [3.63, 3.8) is 0 Å². The first kappa shape index (κ1) is 24.2. The van der Waals surface area contributed by atoms with Crippen LogP contribution in [0.25, 0.3) is 0 Å². The summed E-state index contributed by atoms with van der Waals surface area (Å²) in [7, 11) is -2.42. The number of benzene rings is 2. The molecule has 0 spiro atoms. The molecule has 9 nitrogen and oxygen atoms in total. The van der Waals surface area contributed by atoms with Gasteiger partial charge in [-0.2, -0.15) is 4.31 Å². The van der Waals surface area contributed by atoms with Gasteiger partial charge >= 0.3 is 0 Å². The number of ether oxygens (including phenoxy) is 2. The second kappa shape index (κ2) is 10.5. The van der Waals surface area contributed by atoms with Crippen LogP contribution in [0.15, 0.2) is 53.4 Å². The molecule has 1 unspecified atom stereocenters. The number of methoxy groups -OCH3 is 1. The Balaban J connectivity index is 1.42.